The maximum absolute atomic E-state index is 13.4. The van der Waals surface area contributed by atoms with Gasteiger partial charge in [-0.1, -0.05) is 6.92 Å². The Balaban J connectivity index is 2.40. The molecule has 7 nitrogen and oxygen atoms in total. The third kappa shape index (κ3) is 4.77. The van der Waals surface area contributed by atoms with Gasteiger partial charge in [0.1, 0.15) is 5.82 Å². The molecule has 0 aliphatic rings. The van der Waals surface area contributed by atoms with Crippen LogP contribution in [0.5, 0.6) is 0 Å². The van der Waals surface area contributed by atoms with Gasteiger partial charge >= 0.3 is 11.9 Å². The molecule has 1 atom stereocenters. The predicted octanol–water partition coefficient (Wildman–Crippen LogP) is 4.50. The molecular weight excluding hydrogens is 358 g/mol. The molecule has 0 bridgehead atoms. The third-order valence-electron chi connectivity index (χ3n) is 3.42. The lowest BCUT2D eigenvalue weighted by atomic mass is 10.2. The van der Waals surface area contributed by atoms with Gasteiger partial charge < -0.3 is 10.6 Å². The first kappa shape index (κ1) is 19.3. The quantitative estimate of drug-likeness (QED) is 0.440. The zero-order chi connectivity index (χ0) is 19.5. The van der Waals surface area contributed by atoms with Crippen LogP contribution in [-0.2, 0) is 6.18 Å². The molecule has 26 heavy (non-hydrogen) atoms. The maximum Gasteiger partial charge on any atom is 0.433 e. The van der Waals surface area contributed by atoms with Gasteiger partial charge in [0.15, 0.2) is 5.69 Å². The molecule has 11 heteroatoms. The van der Waals surface area contributed by atoms with E-state index in [1.165, 1.54) is 0 Å². The highest BCUT2D eigenvalue weighted by molar-refractivity contribution is 5.61. The summed E-state index contributed by atoms with van der Waals surface area (Å²) in [6.07, 6.45) is -4.08. The van der Waals surface area contributed by atoms with Gasteiger partial charge in [-0.15, -0.1) is 0 Å². The van der Waals surface area contributed by atoms with Crippen LogP contribution in [0.4, 0.5) is 40.7 Å². The average molecular weight is 373 g/mol. The van der Waals surface area contributed by atoms with Crippen LogP contribution in [0.1, 0.15) is 26.0 Å². The monoisotopic (exact) mass is 373 g/mol. The Morgan fingerprint density at radius 3 is 2.54 bits per heavy atom. The molecule has 0 aliphatic heterocycles. The van der Waals surface area contributed by atoms with Crippen molar-refractivity contribution in [3.05, 3.63) is 45.9 Å². The minimum Gasteiger partial charge on any atom is -0.352 e. The van der Waals surface area contributed by atoms with E-state index in [9.17, 15) is 27.7 Å². The van der Waals surface area contributed by atoms with Gasteiger partial charge in [-0.25, -0.2) is 4.98 Å². The van der Waals surface area contributed by atoms with Crippen LogP contribution in [-0.4, -0.2) is 20.9 Å². The minimum atomic E-state index is -4.71. The van der Waals surface area contributed by atoms with Crippen LogP contribution in [0.15, 0.2) is 24.3 Å². The molecule has 0 unspecified atom stereocenters. The minimum absolute atomic E-state index is 0.0133. The van der Waals surface area contributed by atoms with E-state index in [1.54, 1.807) is 6.92 Å². The Labute approximate surface area is 145 Å². The van der Waals surface area contributed by atoms with Crippen LogP contribution in [0, 0.1) is 15.9 Å². The molecule has 0 spiro atoms. The van der Waals surface area contributed by atoms with Gasteiger partial charge in [0, 0.05) is 23.9 Å². The second-order valence-electron chi connectivity index (χ2n) is 5.46. The van der Waals surface area contributed by atoms with E-state index >= 15 is 0 Å². The van der Waals surface area contributed by atoms with Crippen molar-refractivity contribution in [2.24, 2.45) is 0 Å². The Morgan fingerprint density at radius 2 is 1.96 bits per heavy atom. The smallest absolute Gasteiger partial charge is 0.352 e. The van der Waals surface area contributed by atoms with E-state index in [0.29, 0.717) is 12.5 Å². The highest BCUT2D eigenvalue weighted by Gasteiger charge is 2.34. The summed E-state index contributed by atoms with van der Waals surface area (Å²) >= 11 is 0. The number of hydrogen-bond acceptors (Lipinski definition) is 6. The second kappa shape index (κ2) is 7.50. The fraction of sp³-hybridized carbons (Fsp3) is 0.333. The molecule has 2 N–H and O–H groups in total. The van der Waals surface area contributed by atoms with Crippen molar-refractivity contribution in [3.8, 4) is 0 Å². The number of benzene rings is 1. The summed E-state index contributed by atoms with van der Waals surface area (Å²) < 4.78 is 52.5. The number of nitrogens with one attached hydrogen (secondary N) is 2. The Morgan fingerprint density at radius 1 is 1.27 bits per heavy atom. The lowest BCUT2D eigenvalue weighted by Gasteiger charge is -2.15. The van der Waals surface area contributed by atoms with Crippen LogP contribution >= 0.6 is 0 Å². The Kier molecular flexibility index (Phi) is 5.58. The van der Waals surface area contributed by atoms with Gasteiger partial charge in [0.25, 0.3) is 0 Å². The summed E-state index contributed by atoms with van der Waals surface area (Å²) in [6, 6.07) is 3.35. The molecule has 0 saturated heterocycles. The van der Waals surface area contributed by atoms with E-state index in [1.807, 2.05) is 6.92 Å². The van der Waals surface area contributed by atoms with E-state index in [-0.39, 0.29) is 23.5 Å². The summed E-state index contributed by atoms with van der Waals surface area (Å²) in [5.41, 5.74) is -1.98. The molecule has 0 saturated carbocycles. The normalized spacial score (nSPS) is 12.5. The lowest BCUT2D eigenvalue weighted by Crippen LogP contribution is -2.18. The van der Waals surface area contributed by atoms with Gasteiger partial charge in [-0.2, -0.15) is 22.5 Å². The predicted molar refractivity (Wildman–Crippen MR) is 86.7 cm³/mol. The van der Waals surface area contributed by atoms with E-state index in [4.69, 9.17) is 0 Å². The van der Waals surface area contributed by atoms with E-state index in [2.05, 4.69) is 20.6 Å². The van der Waals surface area contributed by atoms with Crippen molar-refractivity contribution in [2.45, 2.75) is 32.5 Å². The molecule has 2 rings (SSSR count). The topological polar surface area (TPSA) is 93.0 Å². The van der Waals surface area contributed by atoms with Crippen LogP contribution in [0.2, 0.25) is 0 Å². The SMILES string of the molecule is CC[C@H](C)Nc1nc(Nc2ccc(F)c([N+](=O)[O-])c2)cc(C(F)(F)F)n1. The van der Waals surface area contributed by atoms with Crippen molar-refractivity contribution in [2.75, 3.05) is 10.6 Å². The first-order chi connectivity index (χ1) is 12.1. The largest absolute Gasteiger partial charge is 0.433 e. The molecule has 1 aromatic carbocycles. The molecule has 1 aromatic heterocycles. The number of nitro benzene ring substituents is 1. The molecular formula is C15H15F4N5O2. The van der Waals surface area contributed by atoms with E-state index < -0.39 is 28.3 Å². The summed E-state index contributed by atoms with van der Waals surface area (Å²) in [6.45, 7) is 3.59. The van der Waals surface area contributed by atoms with Gasteiger partial charge in [-0.05, 0) is 25.5 Å². The molecule has 0 radical (unpaired) electrons. The zero-order valence-electron chi connectivity index (χ0n) is 13.8. The summed E-state index contributed by atoms with van der Waals surface area (Å²) in [7, 11) is 0. The maximum atomic E-state index is 13.4. The Hall–Kier alpha value is -2.98. The number of anilines is 3. The van der Waals surface area contributed by atoms with Gasteiger partial charge in [-0.3, -0.25) is 10.1 Å². The average Bonchev–Trinajstić information content (AvgIpc) is 2.55. The van der Waals surface area contributed by atoms with Crippen LogP contribution < -0.4 is 10.6 Å². The van der Waals surface area contributed by atoms with Crippen molar-refractivity contribution in [1.82, 2.24) is 9.97 Å². The van der Waals surface area contributed by atoms with E-state index in [0.717, 1.165) is 18.2 Å². The molecule has 2 aromatic rings. The van der Waals surface area contributed by atoms with Gasteiger partial charge in [0.05, 0.1) is 4.92 Å². The van der Waals surface area contributed by atoms with Crippen molar-refractivity contribution in [3.63, 3.8) is 0 Å². The van der Waals surface area contributed by atoms with Crippen LogP contribution in [0.25, 0.3) is 0 Å². The molecule has 0 fully saturated rings. The van der Waals surface area contributed by atoms with Crippen molar-refractivity contribution in [1.29, 1.82) is 0 Å². The molecule has 140 valence electrons. The number of aromatic nitrogens is 2. The Bertz CT molecular complexity index is 813. The highest BCUT2D eigenvalue weighted by atomic mass is 19.4. The fourth-order valence-corrected chi connectivity index (χ4v) is 1.92. The number of nitro groups is 1. The van der Waals surface area contributed by atoms with Crippen molar-refractivity contribution < 1.29 is 22.5 Å². The fourth-order valence-electron chi connectivity index (χ4n) is 1.92. The first-order valence-corrected chi connectivity index (χ1v) is 7.54. The third-order valence-corrected chi connectivity index (χ3v) is 3.42. The summed E-state index contributed by atoms with van der Waals surface area (Å²) in [5, 5.41) is 16.0. The van der Waals surface area contributed by atoms with Gasteiger partial charge in [0.2, 0.25) is 11.8 Å². The summed E-state index contributed by atoms with van der Waals surface area (Å²) in [4.78, 5) is 17.2. The number of alkyl halides is 3. The second-order valence-corrected chi connectivity index (χ2v) is 5.46. The standard InChI is InChI=1S/C15H15F4N5O2/c1-3-8(2)20-14-22-12(15(17,18)19)7-13(23-14)21-9-4-5-10(16)11(6-9)24(25)26/h4-8H,3H2,1-2H3,(H2,20,21,22,23)/t8-/m0/s1. The molecule has 0 aliphatic carbocycles. The highest BCUT2D eigenvalue weighted by Crippen LogP contribution is 2.31. The number of hydrogen-bond donors (Lipinski definition) is 2. The van der Waals surface area contributed by atoms with Crippen molar-refractivity contribution >= 4 is 23.1 Å². The number of rotatable bonds is 6. The zero-order valence-corrected chi connectivity index (χ0v) is 13.8. The first-order valence-electron chi connectivity index (χ1n) is 7.54. The number of nitrogens with zero attached hydrogens (tertiary/aromatic N) is 3. The molecule has 1 heterocycles. The number of halogens is 4. The summed E-state index contributed by atoms with van der Waals surface area (Å²) in [5.74, 6) is -1.54. The lowest BCUT2D eigenvalue weighted by molar-refractivity contribution is -0.387. The molecule has 0 amide bonds. The van der Waals surface area contributed by atoms with Crippen LogP contribution in [0.3, 0.4) is 0 Å².